The fraction of sp³-hybridized carbons (Fsp3) is 0.0526. The third-order valence-corrected chi connectivity index (χ3v) is 29.1. The molecule has 12 aromatic carbocycles. The summed E-state index contributed by atoms with van der Waals surface area (Å²) < 4.78 is 9.89. The molecule has 1 aliphatic rings. The molecule has 0 aliphatic carbocycles. The molecule has 1 aliphatic heterocycles. The lowest BCUT2D eigenvalue weighted by Gasteiger charge is -2.26. The highest BCUT2D eigenvalue weighted by atomic mass is 28.4. The fourth-order valence-electron chi connectivity index (χ4n) is 10.6. The van der Waals surface area contributed by atoms with Gasteiger partial charge in [-0.25, -0.2) is 0 Å². The van der Waals surface area contributed by atoms with E-state index in [9.17, 15) is 19.2 Å². The van der Waals surface area contributed by atoms with Crippen LogP contribution >= 0.6 is 0 Å². The molecule has 6 nitrogen and oxygen atoms in total. The van der Waals surface area contributed by atoms with Crippen LogP contribution in [0.5, 0.6) is 0 Å². The molecule has 13 rings (SSSR count). The maximum Gasteiger partial charge on any atom is 0.285 e. The summed E-state index contributed by atoms with van der Waals surface area (Å²) in [7, 11) is -11.5. The van der Waals surface area contributed by atoms with Gasteiger partial charge in [-0.1, -0.05) is 364 Å². The normalized spacial score (nSPS) is 12.1. The van der Waals surface area contributed by atoms with E-state index in [0.29, 0.717) is 0 Å². The lowest BCUT2D eigenvalue weighted by Crippen LogP contribution is -2.67. The van der Waals surface area contributed by atoms with E-state index in [2.05, 4.69) is 0 Å². The van der Waals surface area contributed by atoms with Crippen molar-refractivity contribution in [2.75, 3.05) is 26.4 Å². The zero-order valence-corrected chi connectivity index (χ0v) is 52.1. The highest BCUT2D eigenvalue weighted by Crippen LogP contribution is 2.09. The number of rotatable bonds is 12. The van der Waals surface area contributed by atoms with E-state index in [-0.39, 0.29) is 0 Å². The fourth-order valence-corrected chi connectivity index (χ4v) is 22.7. The first-order chi connectivity index (χ1) is 42.3. The zero-order valence-electron chi connectivity index (χ0n) is 48.1. The largest absolute Gasteiger partial charge is 0.421 e. The van der Waals surface area contributed by atoms with Crippen molar-refractivity contribution in [1.29, 1.82) is 0 Å². The molecule has 4 N–H and O–H groups in total. The molecule has 0 saturated carbocycles. The average Bonchev–Trinajstić information content (AvgIpc) is 1.97. The van der Waals surface area contributed by atoms with Crippen LogP contribution in [0.2, 0.25) is 0 Å². The molecule has 1 heterocycles. The van der Waals surface area contributed by atoms with Gasteiger partial charge >= 0.3 is 0 Å². The van der Waals surface area contributed by atoms with E-state index >= 15 is 0 Å². The molecule has 0 amide bonds. The first-order valence-corrected chi connectivity index (χ1v) is 36.8. The molecule has 0 radical (unpaired) electrons. The zero-order chi connectivity index (χ0) is 59.6. The van der Waals surface area contributed by atoms with Crippen LogP contribution in [0.1, 0.15) is 0 Å². The minimum Gasteiger partial charge on any atom is -0.421 e. The molecular formula is C76H72O6Si4. The molecular weight excluding hydrogens is 1120 g/mol. The summed E-state index contributed by atoms with van der Waals surface area (Å²) in [4.78, 5) is 46.3. The van der Waals surface area contributed by atoms with Crippen molar-refractivity contribution in [3.05, 3.63) is 364 Å². The van der Waals surface area contributed by atoms with Crippen molar-refractivity contribution in [1.82, 2.24) is 0 Å². The van der Waals surface area contributed by atoms with Crippen LogP contribution in [0.3, 0.4) is 0 Å². The Hall–Kier alpha value is -8.73. The third kappa shape index (κ3) is 15.2. The second-order valence-corrected chi connectivity index (χ2v) is 33.1. The maximum absolute atomic E-state index is 11.6. The Morgan fingerprint density at radius 1 is 0.151 bits per heavy atom. The van der Waals surface area contributed by atoms with Gasteiger partial charge < -0.3 is 28.7 Å². The van der Waals surface area contributed by atoms with Crippen molar-refractivity contribution in [3.63, 3.8) is 0 Å². The molecule has 10 heteroatoms. The van der Waals surface area contributed by atoms with Crippen LogP contribution in [0, 0.1) is 0 Å². The van der Waals surface area contributed by atoms with Crippen molar-refractivity contribution < 1.29 is 28.7 Å². The topological polar surface area (TPSA) is 99.4 Å². The van der Waals surface area contributed by atoms with E-state index in [1.165, 1.54) is 0 Å². The van der Waals surface area contributed by atoms with Gasteiger partial charge in [-0.05, 0) is 62.2 Å². The Kier molecular flexibility index (Phi) is 22.6. The van der Waals surface area contributed by atoms with Crippen molar-refractivity contribution in [2.24, 2.45) is 0 Å². The van der Waals surface area contributed by atoms with Crippen molar-refractivity contribution >= 4 is 95.5 Å². The monoisotopic (exact) mass is 1190 g/mol. The minimum atomic E-state index is -2.88. The van der Waals surface area contributed by atoms with Gasteiger partial charge in [0.15, 0.2) is 0 Å². The molecule has 0 unspecified atom stereocenters. The summed E-state index contributed by atoms with van der Waals surface area (Å²) in [5.41, 5.74) is 0. The summed E-state index contributed by atoms with van der Waals surface area (Å²) in [5, 5.41) is 12.1. The Bertz CT molecular complexity index is 2880. The van der Waals surface area contributed by atoms with E-state index < -0.39 is 33.3 Å². The van der Waals surface area contributed by atoms with Gasteiger partial charge in [0.05, 0.1) is 26.4 Å². The van der Waals surface area contributed by atoms with Crippen LogP contribution in [-0.2, 0) is 9.47 Å². The number of hydrogen-bond donors (Lipinski definition) is 4. The smallest absolute Gasteiger partial charge is 0.285 e. The van der Waals surface area contributed by atoms with Crippen LogP contribution in [-0.4, -0.2) is 78.9 Å². The second kappa shape index (κ2) is 31.4. The van der Waals surface area contributed by atoms with E-state index in [0.717, 1.165) is 88.7 Å². The molecule has 428 valence electrons. The highest BCUT2D eigenvalue weighted by molar-refractivity contribution is 7.08. The van der Waals surface area contributed by atoms with Crippen LogP contribution in [0.25, 0.3) is 0 Å². The van der Waals surface area contributed by atoms with Gasteiger partial charge in [0.1, 0.15) is 0 Å². The number of ether oxygens (including phenoxy) is 2. The van der Waals surface area contributed by atoms with Gasteiger partial charge in [0.25, 0.3) is 33.3 Å². The Morgan fingerprint density at radius 3 is 0.302 bits per heavy atom. The predicted molar refractivity (Wildman–Crippen MR) is 366 cm³/mol. The summed E-state index contributed by atoms with van der Waals surface area (Å²) >= 11 is 0. The van der Waals surface area contributed by atoms with Crippen molar-refractivity contribution in [3.8, 4) is 0 Å². The Labute approximate surface area is 511 Å². The quantitative estimate of drug-likeness (QED) is 0.0813. The van der Waals surface area contributed by atoms with E-state index in [1.807, 2.05) is 364 Å². The lowest BCUT2D eigenvalue weighted by atomic mass is 10.3. The van der Waals surface area contributed by atoms with Gasteiger partial charge in [0.2, 0.25) is 0 Å². The van der Waals surface area contributed by atoms with Gasteiger partial charge in [-0.15, -0.1) is 0 Å². The summed E-state index contributed by atoms with van der Waals surface area (Å²) in [5.74, 6) is 0. The number of benzene rings is 12. The first-order valence-electron chi connectivity index (χ1n) is 29.0. The van der Waals surface area contributed by atoms with Crippen LogP contribution in [0.4, 0.5) is 0 Å². The summed E-state index contributed by atoms with van der Waals surface area (Å²) in [6.07, 6.45) is 0. The second-order valence-electron chi connectivity index (χ2n) is 20.5. The molecule has 1 fully saturated rings. The summed E-state index contributed by atoms with van der Waals surface area (Å²) in [6, 6.07) is 120. The molecule has 0 bridgehead atoms. The minimum absolute atomic E-state index is 0.778. The van der Waals surface area contributed by atoms with E-state index in [1.54, 1.807) is 0 Å². The summed E-state index contributed by atoms with van der Waals surface area (Å²) in [6.45, 7) is 3.11. The predicted octanol–water partition coefficient (Wildman–Crippen LogP) is 6.62. The van der Waals surface area contributed by atoms with Gasteiger partial charge in [-0.2, -0.15) is 0 Å². The average molecular weight is 1190 g/mol. The Morgan fingerprint density at radius 2 is 0.233 bits per heavy atom. The molecule has 0 aromatic heterocycles. The maximum atomic E-state index is 11.6. The highest BCUT2D eigenvalue weighted by Gasteiger charge is 2.41. The third-order valence-electron chi connectivity index (χ3n) is 15.0. The standard InChI is InChI=1S/4C18H16OSi.C4H8O2/c4*19-20(16-10-4-1-5-11-16,17-12-6-2-7-13-17)18-14-8-3-9-15-18;1-2-6-4-3-5-1/h4*1-15,19H;1-4H2. The SMILES string of the molecule is C1COCCO1.O[Si](c1ccccc1)(c1ccccc1)c1ccccc1.O[Si](c1ccccc1)(c1ccccc1)c1ccccc1.O[Si](c1ccccc1)(c1ccccc1)c1ccccc1.O[Si](c1ccccc1)(c1ccccc1)c1ccccc1. The molecule has 1 saturated heterocycles. The molecule has 86 heavy (non-hydrogen) atoms. The van der Waals surface area contributed by atoms with E-state index in [4.69, 9.17) is 9.47 Å². The van der Waals surface area contributed by atoms with Crippen LogP contribution < -0.4 is 62.2 Å². The van der Waals surface area contributed by atoms with Crippen molar-refractivity contribution in [2.45, 2.75) is 0 Å². The van der Waals surface area contributed by atoms with Crippen LogP contribution in [0.15, 0.2) is 364 Å². The lowest BCUT2D eigenvalue weighted by molar-refractivity contribution is -0.0334. The molecule has 0 atom stereocenters. The van der Waals surface area contributed by atoms with Gasteiger partial charge in [-0.3, -0.25) is 0 Å². The Balaban J connectivity index is 0.000000132. The first kappa shape index (κ1) is 61.8. The van der Waals surface area contributed by atoms with Gasteiger partial charge in [0, 0.05) is 0 Å². The molecule has 12 aromatic rings. The molecule has 0 spiro atoms. The number of hydrogen-bond acceptors (Lipinski definition) is 6.